The first-order chi connectivity index (χ1) is 8.06. The summed E-state index contributed by atoms with van der Waals surface area (Å²) in [4.78, 5) is 11.1. The Hall–Kier alpha value is -1.75. The Labute approximate surface area is 99.3 Å². The molecule has 17 heavy (non-hydrogen) atoms. The van der Waals surface area contributed by atoms with Crippen molar-refractivity contribution >= 4 is 5.97 Å². The zero-order chi connectivity index (χ0) is 12.8. The number of carbonyl (C=O) groups is 1. The first-order valence-electron chi connectivity index (χ1n) is 5.40. The van der Waals surface area contributed by atoms with Gasteiger partial charge in [-0.05, 0) is 31.9 Å². The number of phenolic OH excluding ortho intramolecular Hbond substituents is 2. The van der Waals surface area contributed by atoms with E-state index < -0.39 is 12.1 Å². The van der Waals surface area contributed by atoms with E-state index in [2.05, 4.69) is 4.74 Å². The Balaban J connectivity index is 2.58. The molecular weight excluding hydrogens is 224 g/mol. The molecule has 1 aromatic rings. The summed E-state index contributed by atoms with van der Waals surface area (Å²) in [5.74, 6) is -0.801. The van der Waals surface area contributed by atoms with Crippen molar-refractivity contribution in [3.8, 4) is 11.5 Å². The molecule has 0 saturated carbocycles. The van der Waals surface area contributed by atoms with Gasteiger partial charge in [0, 0.05) is 5.56 Å². The van der Waals surface area contributed by atoms with Crippen LogP contribution in [0.2, 0.25) is 0 Å². The zero-order valence-corrected chi connectivity index (χ0v) is 9.59. The average Bonchev–Trinajstić information content (AvgIpc) is 2.28. The summed E-state index contributed by atoms with van der Waals surface area (Å²) in [7, 11) is 0. The second-order valence-corrected chi connectivity index (χ2v) is 3.58. The van der Waals surface area contributed by atoms with E-state index in [0.717, 1.165) is 0 Å². The summed E-state index contributed by atoms with van der Waals surface area (Å²) >= 11 is 0. The summed E-state index contributed by atoms with van der Waals surface area (Å²) in [5.41, 5.74) is 0.316. The molecule has 3 N–H and O–H groups in total. The number of hydrogen-bond donors (Lipinski definition) is 3. The van der Waals surface area contributed by atoms with Crippen LogP contribution in [0.4, 0.5) is 0 Å². The normalized spacial score (nSPS) is 12.1. The zero-order valence-electron chi connectivity index (χ0n) is 9.59. The van der Waals surface area contributed by atoms with E-state index in [-0.39, 0.29) is 30.9 Å². The number of phenols is 2. The molecule has 0 bridgehead atoms. The highest BCUT2D eigenvalue weighted by atomic mass is 16.5. The van der Waals surface area contributed by atoms with E-state index >= 15 is 0 Å². The molecule has 1 rings (SSSR count). The van der Waals surface area contributed by atoms with E-state index in [1.165, 1.54) is 18.2 Å². The van der Waals surface area contributed by atoms with Crippen molar-refractivity contribution in [1.29, 1.82) is 0 Å². The standard InChI is InChI=1S/C12H16O5/c1-2-17-12(16)11(15)7-6-8-9(13)4-3-5-10(8)14/h3-5,11,13-15H,2,6-7H2,1H3. The lowest BCUT2D eigenvalue weighted by atomic mass is 10.0. The van der Waals surface area contributed by atoms with Crippen LogP contribution in [0.1, 0.15) is 18.9 Å². The van der Waals surface area contributed by atoms with Gasteiger partial charge in [0.05, 0.1) is 6.61 Å². The summed E-state index contributed by atoms with van der Waals surface area (Å²) < 4.78 is 4.64. The number of aliphatic hydroxyl groups excluding tert-OH is 1. The van der Waals surface area contributed by atoms with Crippen molar-refractivity contribution in [2.24, 2.45) is 0 Å². The number of aromatic hydroxyl groups is 2. The molecule has 0 saturated heterocycles. The molecule has 0 spiro atoms. The van der Waals surface area contributed by atoms with Crippen LogP contribution < -0.4 is 0 Å². The van der Waals surface area contributed by atoms with Crippen LogP contribution in [-0.4, -0.2) is 34.0 Å². The molecule has 1 aromatic carbocycles. The predicted octanol–water partition coefficient (Wildman–Crippen LogP) is 0.954. The SMILES string of the molecule is CCOC(=O)C(O)CCc1c(O)cccc1O. The molecule has 1 atom stereocenters. The second-order valence-electron chi connectivity index (χ2n) is 3.58. The van der Waals surface area contributed by atoms with Crippen molar-refractivity contribution in [1.82, 2.24) is 0 Å². The topological polar surface area (TPSA) is 87.0 Å². The van der Waals surface area contributed by atoms with Crippen molar-refractivity contribution in [3.63, 3.8) is 0 Å². The maximum atomic E-state index is 11.1. The Bertz CT molecular complexity index is 368. The van der Waals surface area contributed by atoms with Gasteiger partial charge in [-0.3, -0.25) is 0 Å². The van der Waals surface area contributed by atoms with Crippen LogP contribution in [-0.2, 0) is 16.0 Å². The van der Waals surface area contributed by atoms with E-state index in [0.29, 0.717) is 5.56 Å². The number of esters is 1. The molecule has 0 heterocycles. The van der Waals surface area contributed by atoms with Gasteiger partial charge in [-0.25, -0.2) is 4.79 Å². The molecule has 0 aliphatic rings. The number of benzene rings is 1. The minimum atomic E-state index is -1.24. The summed E-state index contributed by atoms with van der Waals surface area (Å²) in [6.45, 7) is 1.86. The van der Waals surface area contributed by atoms with Gasteiger partial charge in [0.15, 0.2) is 6.10 Å². The fourth-order valence-corrected chi connectivity index (χ4v) is 1.46. The Morgan fingerprint density at radius 3 is 2.47 bits per heavy atom. The lowest BCUT2D eigenvalue weighted by Gasteiger charge is -2.11. The lowest BCUT2D eigenvalue weighted by Crippen LogP contribution is -2.23. The highest BCUT2D eigenvalue weighted by Crippen LogP contribution is 2.27. The highest BCUT2D eigenvalue weighted by Gasteiger charge is 2.17. The van der Waals surface area contributed by atoms with Crippen molar-refractivity contribution in [2.75, 3.05) is 6.61 Å². The van der Waals surface area contributed by atoms with Crippen LogP contribution in [0.15, 0.2) is 18.2 Å². The number of ether oxygens (including phenoxy) is 1. The number of hydrogen-bond acceptors (Lipinski definition) is 5. The second kappa shape index (κ2) is 6.10. The molecule has 0 aromatic heterocycles. The minimum absolute atomic E-state index is 0.0546. The molecule has 5 heteroatoms. The predicted molar refractivity (Wildman–Crippen MR) is 60.7 cm³/mol. The van der Waals surface area contributed by atoms with Gasteiger partial charge in [-0.15, -0.1) is 0 Å². The van der Waals surface area contributed by atoms with Gasteiger partial charge in [0.25, 0.3) is 0 Å². The maximum Gasteiger partial charge on any atom is 0.334 e. The third-order valence-electron chi connectivity index (χ3n) is 2.35. The van der Waals surface area contributed by atoms with Gasteiger partial charge >= 0.3 is 5.97 Å². The van der Waals surface area contributed by atoms with E-state index in [1.54, 1.807) is 6.92 Å². The molecule has 0 aliphatic carbocycles. The fraction of sp³-hybridized carbons (Fsp3) is 0.417. The minimum Gasteiger partial charge on any atom is -0.508 e. The quantitative estimate of drug-likeness (QED) is 0.667. The fourth-order valence-electron chi connectivity index (χ4n) is 1.46. The Kier molecular flexibility index (Phi) is 4.78. The monoisotopic (exact) mass is 240 g/mol. The van der Waals surface area contributed by atoms with Gasteiger partial charge in [-0.1, -0.05) is 6.07 Å². The number of aliphatic hydroxyl groups is 1. The number of carbonyl (C=O) groups excluding carboxylic acids is 1. The molecular formula is C12H16O5. The molecule has 94 valence electrons. The van der Waals surface area contributed by atoms with Crippen LogP contribution in [0.3, 0.4) is 0 Å². The van der Waals surface area contributed by atoms with Gasteiger partial charge in [0.1, 0.15) is 11.5 Å². The molecule has 0 fully saturated rings. The largest absolute Gasteiger partial charge is 0.508 e. The van der Waals surface area contributed by atoms with Crippen LogP contribution in [0.5, 0.6) is 11.5 Å². The van der Waals surface area contributed by atoms with Crippen LogP contribution in [0, 0.1) is 0 Å². The summed E-state index contributed by atoms with van der Waals surface area (Å²) in [6.07, 6.45) is -0.961. The highest BCUT2D eigenvalue weighted by molar-refractivity contribution is 5.74. The summed E-state index contributed by atoms with van der Waals surface area (Å²) in [6, 6.07) is 4.38. The molecule has 0 radical (unpaired) electrons. The molecule has 0 amide bonds. The summed E-state index contributed by atoms with van der Waals surface area (Å²) in [5, 5.41) is 28.4. The smallest absolute Gasteiger partial charge is 0.334 e. The maximum absolute atomic E-state index is 11.1. The van der Waals surface area contributed by atoms with Crippen LogP contribution in [0.25, 0.3) is 0 Å². The van der Waals surface area contributed by atoms with Gasteiger partial charge < -0.3 is 20.1 Å². The van der Waals surface area contributed by atoms with Crippen molar-refractivity contribution in [3.05, 3.63) is 23.8 Å². The van der Waals surface area contributed by atoms with E-state index in [4.69, 9.17) is 0 Å². The van der Waals surface area contributed by atoms with E-state index in [1.807, 2.05) is 0 Å². The van der Waals surface area contributed by atoms with E-state index in [9.17, 15) is 20.1 Å². The first-order valence-corrected chi connectivity index (χ1v) is 5.40. The van der Waals surface area contributed by atoms with Gasteiger partial charge in [-0.2, -0.15) is 0 Å². The third kappa shape index (κ3) is 3.64. The first kappa shape index (κ1) is 13.3. The van der Waals surface area contributed by atoms with Crippen molar-refractivity contribution < 1.29 is 24.9 Å². The molecule has 1 unspecified atom stereocenters. The van der Waals surface area contributed by atoms with Crippen LogP contribution >= 0.6 is 0 Å². The molecule has 5 nitrogen and oxygen atoms in total. The third-order valence-corrected chi connectivity index (χ3v) is 2.35. The average molecular weight is 240 g/mol. The Morgan fingerprint density at radius 2 is 1.94 bits per heavy atom. The number of rotatable bonds is 5. The molecule has 0 aliphatic heterocycles. The Morgan fingerprint density at radius 1 is 1.35 bits per heavy atom. The van der Waals surface area contributed by atoms with Gasteiger partial charge in [0.2, 0.25) is 0 Å². The van der Waals surface area contributed by atoms with Crippen molar-refractivity contribution in [2.45, 2.75) is 25.9 Å². The lowest BCUT2D eigenvalue weighted by molar-refractivity contribution is -0.153.